The molecular formula is C25H51N3O4. The standard InChI is InChI=1S/C25H51N3O4/c1-2-3-4-5-6-7-8-9-10-11-12-13-14-15-24(29)27-18-22-32-23-19-28-25(30)16-20-31-21-17-26/h2-23,26H2,1H3,(H,27,29)(H,28,30). The van der Waals surface area contributed by atoms with Gasteiger partial charge in [0.05, 0.1) is 26.4 Å². The van der Waals surface area contributed by atoms with Crippen molar-refractivity contribution in [1.82, 2.24) is 10.6 Å². The summed E-state index contributed by atoms with van der Waals surface area (Å²) in [6.07, 6.45) is 18.0. The molecule has 0 aliphatic rings. The largest absolute Gasteiger partial charge is 0.380 e. The minimum atomic E-state index is -0.0586. The van der Waals surface area contributed by atoms with Crippen LogP contribution in [0.1, 0.15) is 103 Å². The Morgan fingerprint density at radius 2 is 1.03 bits per heavy atom. The van der Waals surface area contributed by atoms with E-state index in [2.05, 4.69) is 17.6 Å². The fraction of sp³-hybridized carbons (Fsp3) is 0.920. The smallest absolute Gasteiger partial charge is 0.222 e. The maximum Gasteiger partial charge on any atom is 0.222 e. The first-order valence-electron chi connectivity index (χ1n) is 13.1. The first kappa shape index (κ1) is 30.8. The summed E-state index contributed by atoms with van der Waals surface area (Å²) in [6.45, 7) is 5.45. The van der Waals surface area contributed by atoms with Gasteiger partial charge in [-0.3, -0.25) is 9.59 Å². The van der Waals surface area contributed by atoms with Gasteiger partial charge in [0, 0.05) is 32.5 Å². The molecule has 0 spiro atoms. The first-order chi connectivity index (χ1) is 15.7. The summed E-state index contributed by atoms with van der Waals surface area (Å²) in [5.74, 6) is 0.0409. The second kappa shape index (κ2) is 26.1. The lowest BCUT2D eigenvalue weighted by Gasteiger charge is -2.08. The summed E-state index contributed by atoms with van der Waals surface area (Å²) in [4.78, 5) is 23.3. The van der Waals surface area contributed by atoms with E-state index in [0.717, 1.165) is 12.8 Å². The van der Waals surface area contributed by atoms with Crippen LogP contribution in [0, 0.1) is 0 Å². The monoisotopic (exact) mass is 457 g/mol. The minimum absolute atomic E-state index is 0.0586. The zero-order valence-corrected chi connectivity index (χ0v) is 20.8. The summed E-state index contributed by atoms with van der Waals surface area (Å²) >= 11 is 0. The Balaban J connectivity index is 3.23. The summed E-state index contributed by atoms with van der Waals surface area (Å²) in [7, 11) is 0. The van der Waals surface area contributed by atoms with E-state index in [1.807, 2.05) is 0 Å². The van der Waals surface area contributed by atoms with E-state index in [1.54, 1.807) is 0 Å². The van der Waals surface area contributed by atoms with Gasteiger partial charge < -0.3 is 25.8 Å². The van der Waals surface area contributed by atoms with Crippen molar-refractivity contribution in [3.63, 3.8) is 0 Å². The zero-order valence-electron chi connectivity index (χ0n) is 20.8. The van der Waals surface area contributed by atoms with Crippen LogP contribution in [0.5, 0.6) is 0 Å². The summed E-state index contributed by atoms with van der Waals surface area (Å²) in [5.41, 5.74) is 5.30. The van der Waals surface area contributed by atoms with Crippen molar-refractivity contribution in [2.45, 2.75) is 103 Å². The lowest BCUT2D eigenvalue weighted by Crippen LogP contribution is -2.30. The number of hydrogen-bond donors (Lipinski definition) is 3. The lowest BCUT2D eigenvalue weighted by molar-refractivity contribution is -0.122. The number of unbranched alkanes of at least 4 members (excludes halogenated alkanes) is 12. The number of ether oxygens (including phenoxy) is 2. The number of nitrogens with one attached hydrogen (secondary N) is 2. The fourth-order valence-corrected chi connectivity index (χ4v) is 3.46. The predicted molar refractivity (Wildman–Crippen MR) is 132 cm³/mol. The maximum absolute atomic E-state index is 11.8. The molecule has 0 rings (SSSR count). The molecule has 2 amide bonds. The van der Waals surface area contributed by atoms with Gasteiger partial charge in [0.25, 0.3) is 0 Å². The molecule has 0 aliphatic heterocycles. The highest BCUT2D eigenvalue weighted by molar-refractivity contribution is 5.76. The highest BCUT2D eigenvalue weighted by Crippen LogP contribution is 2.12. The summed E-state index contributed by atoms with van der Waals surface area (Å²) < 4.78 is 10.6. The topological polar surface area (TPSA) is 103 Å². The lowest BCUT2D eigenvalue weighted by atomic mass is 10.0. The van der Waals surface area contributed by atoms with Crippen molar-refractivity contribution in [2.24, 2.45) is 5.73 Å². The third kappa shape index (κ3) is 25.1. The Morgan fingerprint density at radius 3 is 1.53 bits per heavy atom. The molecule has 0 aromatic heterocycles. The molecule has 190 valence electrons. The van der Waals surface area contributed by atoms with Crippen molar-refractivity contribution < 1.29 is 19.1 Å². The molecule has 0 aliphatic carbocycles. The number of nitrogens with two attached hydrogens (primary N) is 1. The van der Waals surface area contributed by atoms with E-state index in [1.165, 1.54) is 70.6 Å². The molecular weight excluding hydrogens is 406 g/mol. The van der Waals surface area contributed by atoms with Gasteiger partial charge in [0.1, 0.15) is 0 Å². The van der Waals surface area contributed by atoms with E-state index >= 15 is 0 Å². The summed E-state index contributed by atoms with van der Waals surface area (Å²) in [6, 6.07) is 0. The zero-order chi connectivity index (χ0) is 23.5. The van der Waals surface area contributed by atoms with E-state index in [0.29, 0.717) is 58.9 Å². The second-order valence-corrected chi connectivity index (χ2v) is 8.46. The van der Waals surface area contributed by atoms with E-state index in [-0.39, 0.29) is 11.8 Å². The van der Waals surface area contributed by atoms with Gasteiger partial charge in [-0.1, -0.05) is 84.0 Å². The Morgan fingerprint density at radius 1 is 0.594 bits per heavy atom. The van der Waals surface area contributed by atoms with Gasteiger partial charge in [0.15, 0.2) is 0 Å². The Bertz CT molecular complexity index is 422. The molecule has 0 bridgehead atoms. The maximum atomic E-state index is 11.8. The minimum Gasteiger partial charge on any atom is -0.380 e. The molecule has 0 atom stereocenters. The van der Waals surface area contributed by atoms with Crippen molar-refractivity contribution in [3.8, 4) is 0 Å². The van der Waals surface area contributed by atoms with E-state index in [4.69, 9.17) is 15.2 Å². The number of hydrogen-bond acceptors (Lipinski definition) is 5. The molecule has 7 nitrogen and oxygen atoms in total. The van der Waals surface area contributed by atoms with Crippen molar-refractivity contribution in [1.29, 1.82) is 0 Å². The molecule has 32 heavy (non-hydrogen) atoms. The first-order valence-corrected chi connectivity index (χ1v) is 13.1. The molecule has 0 aromatic carbocycles. The number of carbonyl (C=O) groups excluding carboxylic acids is 2. The molecule has 0 saturated heterocycles. The van der Waals surface area contributed by atoms with Crippen LogP contribution in [0.4, 0.5) is 0 Å². The average Bonchev–Trinajstić information content (AvgIpc) is 2.79. The summed E-state index contributed by atoms with van der Waals surface area (Å²) in [5, 5.41) is 5.65. The fourth-order valence-electron chi connectivity index (χ4n) is 3.46. The molecule has 4 N–H and O–H groups in total. The van der Waals surface area contributed by atoms with Crippen LogP contribution in [-0.4, -0.2) is 57.9 Å². The number of carbonyl (C=O) groups is 2. The SMILES string of the molecule is CCCCCCCCCCCCCCCC(=O)NCCOCCNC(=O)CCOCCN. The van der Waals surface area contributed by atoms with E-state index in [9.17, 15) is 9.59 Å². The van der Waals surface area contributed by atoms with Gasteiger partial charge in [0.2, 0.25) is 11.8 Å². The Labute approximate surface area is 196 Å². The molecule has 0 aromatic rings. The van der Waals surface area contributed by atoms with Crippen LogP contribution < -0.4 is 16.4 Å². The molecule has 0 unspecified atom stereocenters. The van der Waals surface area contributed by atoms with E-state index < -0.39 is 0 Å². The molecule has 7 heteroatoms. The van der Waals surface area contributed by atoms with Gasteiger partial charge in [-0.05, 0) is 6.42 Å². The van der Waals surface area contributed by atoms with Crippen LogP contribution in [0.3, 0.4) is 0 Å². The Hall–Kier alpha value is -1.18. The van der Waals surface area contributed by atoms with Crippen LogP contribution in [0.2, 0.25) is 0 Å². The van der Waals surface area contributed by atoms with Gasteiger partial charge in [-0.15, -0.1) is 0 Å². The normalized spacial score (nSPS) is 10.9. The molecule has 0 radical (unpaired) electrons. The van der Waals surface area contributed by atoms with Crippen molar-refractivity contribution in [3.05, 3.63) is 0 Å². The van der Waals surface area contributed by atoms with Crippen LogP contribution in [0.25, 0.3) is 0 Å². The molecule has 0 saturated carbocycles. The molecule has 0 heterocycles. The third-order valence-electron chi connectivity index (χ3n) is 5.38. The van der Waals surface area contributed by atoms with Crippen molar-refractivity contribution in [2.75, 3.05) is 46.1 Å². The van der Waals surface area contributed by atoms with Crippen LogP contribution in [-0.2, 0) is 19.1 Å². The number of rotatable bonds is 25. The van der Waals surface area contributed by atoms with Gasteiger partial charge in [-0.25, -0.2) is 0 Å². The van der Waals surface area contributed by atoms with Crippen LogP contribution in [0.15, 0.2) is 0 Å². The van der Waals surface area contributed by atoms with Gasteiger partial charge in [-0.2, -0.15) is 0 Å². The van der Waals surface area contributed by atoms with Crippen molar-refractivity contribution >= 4 is 11.8 Å². The number of amides is 2. The highest BCUT2D eigenvalue weighted by Gasteiger charge is 2.02. The third-order valence-corrected chi connectivity index (χ3v) is 5.38. The van der Waals surface area contributed by atoms with Gasteiger partial charge >= 0.3 is 0 Å². The quantitative estimate of drug-likeness (QED) is 0.179. The van der Waals surface area contributed by atoms with Crippen LogP contribution >= 0.6 is 0 Å². The highest BCUT2D eigenvalue weighted by atomic mass is 16.5. The average molecular weight is 458 g/mol. The molecule has 0 fully saturated rings. The Kier molecular flexibility index (Phi) is 25.1. The second-order valence-electron chi connectivity index (χ2n) is 8.46. The predicted octanol–water partition coefficient (Wildman–Crippen LogP) is 4.08.